The zero-order chi connectivity index (χ0) is 14.3. The first-order valence-corrected chi connectivity index (χ1v) is 7.31. The molecule has 0 aromatic heterocycles. The van der Waals surface area contributed by atoms with Crippen LogP contribution in [0.1, 0.15) is 46.0 Å². The standard InChI is InChI=1S/C14H29N3O2/c1-14(2,13(15)16-19)7-3-4-8-17-9-5-12(11-18)6-10-17/h12,18-19H,3-11H2,1-2H3,(H2,15,16). The second-order valence-corrected chi connectivity index (χ2v) is 6.29. The third kappa shape index (κ3) is 5.37. The maximum Gasteiger partial charge on any atom is 0.144 e. The monoisotopic (exact) mass is 271 g/mol. The molecule has 1 saturated heterocycles. The van der Waals surface area contributed by atoms with E-state index in [1.165, 1.54) is 0 Å². The van der Waals surface area contributed by atoms with Gasteiger partial charge in [0.05, 0.1) is 0 Å². The van der Waals surface area contributed by atoms with E-state index < -0.39 is 0 Å². The van der Waals surface area contributed by atoms with Crippen LogP contribution in [0, 0.1) is 11.3 Å². The first-order valence-electron chi connectivity index (χ1n) is 7.31. The number of piperidine rings is 1. The molecular weight excluding hydrogens is 242 g/mol. The number of amidine groups is 1. The lowest BCUT2D eigenvalue weighted by Gasteiger charge is -2.31. The van der Waals surface area contributed by atoms with Gasteiger partial charge in [-0.25, -0.2) is 0 Å². The van der Waals surface area contributed by atoms with E-state index in [0.29, 0.717) is 18.4 Å². The van der Waals surface area contributed by atoms with Crippen LogP contribution in [0.4, 0.5) is 0 Å². The minimum absolute atomic E-state index is 0.224. The fourth-order valence-corrected chi connectivity index (χ4v) is 2.56. The van der Waals surface area contributed by atoms with Gasteiger partial charge < -0.3 is 20.9 Å². The number of aliphatic hydroxyl groups is 1. The lowest BCUT2D eigenvalue weighted by molar-refractivity contribution is 0.130. The summed E-state index contributed by atoms with van der Waals surface area (Å²) in [6.07, 6.45) is 5.41. The van der Waals surface area contributed by atoms with Crippen molar-refractivity contribution in [2.75, 3.05) is 26.2 Å². The zero-order valence-electron chi connectivity index (χ0n) is 12.3. The quantitative estimate of drug-likeness (QED) is 0.216. The number of likely N-dealkylation sites (tertiary alicyclic amines) is 1. The van der Waals surface area contributed by atoms with E-state index in [4.69, 9.17) is 16.0 Å². The average molecular weight is 271 g/mol. The third-order valence-corrected chi connectivity index (χ3v) is 4.29. The molecule has 1 heterocycles. The molecule has 0 saturated carbocycles. The zero-order valence-corrected chi connectivity index (χ0v) is 12.3. The molecule has 5 nitrogen and oxygen atoms in total. The van der Waals surface area contributed by atoms with Gasteiger partial charge in [0.1, 0.15) is 5.84 Å². The Bertz CT molecular complexity index is 284. The Kier molecular flexibility index (Phi) is 6.58. The number of unbranched alkanes of at least 4 members (excludes halogenated alkanes) is 1. The summed E-state index contributed by atoms with van der Waals surface area (Å²) >= 11 is 0. The van der Waals surface area contributed by atoms with Gasteiger partial charge in [0.15, 0.2) is 0 Å². The molecule has 112 valence electrons. The molecule has 0 spiro atoms. The van der Waals surface area contributed by atoms with E-state index in [2.05, 4.69) is 10.1 Å². The van der Waals surface area contributed by atoms with Gasteiger partial charge >= 0.3 is 0 Å². The predicted octanol–water partition coefficient (Wildman–Crippen LogP) is 1.63. The molecule has 0 atom stereocenters. The summed E-state index contributed by atoms with van der Waals surface area (Å²) in [6, 6.07) is 0. The van der Waals surface area contributed by atoms with Gasteiger partial charge in [-0.05, 0) is 51.2 Å². The Morgan fingerprint density at radius 2 is 1.95 bits per heavy atom. The van der Waals surface area contributed by atoms with Crippen molar-refractivity contribution in [1.82, 2.24) is 4.90 Å². The number of nitrogens with zero attached hydrogens (tertiary/aromatic N) is 2. The van der Waals surface area contributed by atoms with Crippen LogP contribution in [0.2, 0.25) is 0 Å². The molecule has 0 aromatic carbocycles. The molecule has 19 heavy (non-hydrogen) atoms. The molecule has 0 aliphatic carbocycles. The molecule has 0 aromatic rings. The Hall–Kier alpha value is -0.810. The van der Waals surface area contributed by atoms with E-state index >= 15 is 0 Å². The van der Waals surface area contributed by atoms with Crippen LogP contribution in [0.3, 0.4) is 0 Å². The first-order chi connectivity index (χ1) is 8.99. The van der Waals surface area contributed by atoms with Crippen LogP contribution in [0.15, 0.2) is 5.16 Å². The highest BCUT2D eigenvalue weighted by Crippen LogP contribution is 2.24. The van der Waals surface area contributed by atoms with Crippen LogP contribution in [0.5, 0.6) is 0 Å². The number of hydrogen-bond acceptors (Lipinski definition) is 4. The van der Waals surface area contributed by atoms with Crippen molar-refractivity contribution in [2.45, 2.75) is 46.0 Å². The highest BCUT2D eigenvalue weighted by atomic mass is 16.4. The molecule has 0 amide bonds. The van der Waals surface area contributed by atoms with Gasteiger partial charge in [0.25, 0.3) is 0 Å². The van der Waals surface area contributed by atoms with Crippen molar-refractivity contribution in [3.05, 3.63) is 0 Å². The predicted molar refractivity (Wildman–Crippen MR) is 77.3 cm³/mol. The molecule has 4 N–H and O–H groups in total. The molecule has 1 aliphatic heterocycles. The summed E-state index contributed by atoms with van der Waals surface area (Å²) in [5, 5.41) is 20.9. The molecule has 1 rings (SSSR count). The van der Waals surface area contributed by atoms with Crippen LogP contribution in [0.25, 0.3) is 0 Å². The Morgan fingerprint density at radius 3 is 2.47 bits per heavy atom. The van der Waals surface area contributed by atoms with Crippen molar-refractivity contribution >= 4 is 5.84 Å². The summed E-state index contributed by atoms with van der Waals surface area (Å²) in [5.41, 5.74) is 5.45. The van der Waals surface area contributed by atoms with Crippen LogP contribution in [-0.2, 0) is 0 Å². The summed E-state index contributed by atoms with van der Waals surface area (Å²) in [6.45, 7) is 7.68. The summed E-state index contributed by atoms with van der Waals surface area (Å²) < 4.78 is 0. The number of hydrogen-bond donors (Lipinski definition) is 3. The Morgan fingerprint density at radius 1 is 1.32 bits per heavy atom. The molecule has 5 heteroatoms. The highest BCUT2D eigenvalue weighted by molar-refractivity contribution is 5.85. The van der Waals surface area contributed by atoms with Crippen molar-refractivity contribution < 1.29 is 10.3 Å². The molecule has 1 fully saturated rings. The second-order valence-electron chi connectivity index (χ2n) is 6.29. The Balaban J connectivity index is 2.15. The summed E-state index contributed by atoms with van der Waals surface area (Å²) in [4.78, 5) is 2.47. The van der Waals surface area contributed by atoms with Crippen molar-refractivity contribution in [3.8, 4) is 0 Å². The second kappa shape index (κ2) is 7.70. The fraction of sp³-hybridized carbons (Fsp3) is 0.929. The smallest absolute Gasteiger partial charge is 0.144 e. The molecule has 1 aliphatic rings. The lowest BCUT2D eigenvalue weighted by Crippen LogP contribution is -2.35. The molecule has 0 unspecified atom stereocenters. The van der Waals surface area contributed by atoms with Crippen molar-refractivity contribution in [2.24, 2.45) is 22.2 Å². The number of nitrogens with two attached hydrogens (primary N) is 1. The largest absolute Gasteiger partial charge is 0.409 e. The highest BCUT2D eigenvalue weighted by Gasteiger charge is 2.23. The number of aliphatic hydroxyl groups excluding tert-OH is 1. The van der Waals surface area contributed by atoms with E-state index in [1.54, 1.807) is 0 Å². The van der Waals surface area contributed by atoms with Gasteiger partial charge in [-0.1, -0.05) is 25.4 Å². The normalized spacial score (nSPS) is 19.8. The van der Waals surface area contributed by atoms with Gasteiger partial charge in [-0.2, -0.15) is 0 Å². The van der Waals surface area contributed by atoms with E-state index in [9.17, 15) is 0 Å². The molecular formula is C14H29N3O2. The summed E-state index contributed by atoms with van der Waals surface area (Å²) in [5.74, 6) is 0.826. The van der Waals surface area contributed by atoms with Crippen LogP contribution < -0.4 is 5.73 Å². The fourth-order valence-electron chi connectivity index (χ4n) is 2.56. The van der Waals surface area contributed by atoms with Crippen LogP contribution >= 0.6 is 0 Å². The minimum Gasteiger partial charge on any atom is -0.409 e. The van der Waals surface area contributed by atoms with Crippen molar-refractivity contribution in [3.63, 3.8) is 0 Å². The maximum absolute atomic E-state index is 9.09. The lowest BCUT2D eigenvalue weighted by atomic mass is 9.86. The van der Waals surface area contributed by atoms with Crippen molar-refractivity contribution in [1.29, 1.82) is 0 Å². The van der Waals surface area contributed by atoms with E-state index in [1.807, 2.05) is 13.8 Å². The third-order valence-electron chi connectivity index (χ3n) is 4.29. The SMILES string of the molecule is CC(C)(CCCCN1CCC(CO)CC1)C(N)=NO. The summed E-state index contributed by atoms with van der Waals surface area (Å²) in [7, 11) is 0. The molecule has 0 bridgehead atoms. The average Bonchev–Trinajstić information content (AvgIpc) is 2.43. The maximum atomic E-state index is 9.09. The molecule has 0 radical (unpaired) electrons. The van der Waals surface area contributed by atoms with E-state index in [-0.39, 0.29) is 5.41 Å². The van der Waals surface area contributed by atoms with Gasteiger partial charge in [-0.3, -0.25) is 0 Å². The first kappa shape index (κ1) is 16.2. The van der Waals surface area contributed by atoms with Gasteiger partial charge in [0.2, 0.25) is 0 Å². The minimum atomic E-state index is -0.224. The number of rotatable bonds is 7. The van der Waals surface area contributed by atoms with Crippen LogP contribution in [-0.4, -0.2) is 47.3 Å². The number of oxime groups is 1. The van der Waals surface area contributed by atoms with Gasteiger partial charge in [-0.15, -0.1) is 0 Å². The van der Waals surface area contributed by atoms with Gasteiger partial charge in [0, 0.05) is 12.0 Å². The Labute approximate surface area is 116 Å². The topological polar surface area (TPSA) is 82.1 Å². The van der Waals surface area contributed by atoms with E-state index in [0.717, 1.165) is 51.7 Å².